The minimum Gasteiger partial charge on any atom is -0.368 e. The Hall–Kier alpha value is -1.81. The fourth-order valence-electron chi connectivity index (χ4n) is 2.61. The second kappa shape index (κ2) is 5.45. The van der Waals surface area contributed by atoms with E-state index >= 15 is 0 Å². The van der Waals surface area contributed by atoms with Gasteiger partial charge in [-0.1, -0.05) is 18.2 Å². The van der Waals surface area contributed by atoms with Crippen molar-refractivity contribution in [2.75, 3.05) is 18.0 Å². The molecule has 0 aliphatic carbocycles. The van der Waals surface area contributed by atoms with Gasteiger partial charge in [0.25, 0.3) is 0 Å². The van der Waals surface area contributed by atoms with E-state index in [0.717, 1.165) is 26.2 Å². The summed E-state index contributed by atoms with van der Waals surface area (Å²) in [5.41, 5.74) is 2.74. The van der Waals surface area contributed by atoms with Crippen LogP contribution < -0.4 is 10.2 Å². The number of nitrogens with zero attached hydrogens (tertiary/aromatic N) is 3. The van der Waals surface area contributed by atoms with E-state index in [-0.39, 0.29) is 0 Å². The lowest BCUT2D eigenvalue weighted by atomic mass is 10.1. The molecule has 2 heterocycles. The van der Waals surface area contributed by atoms with E-state index in [1.165, 1.54) is 11.3 Å². The van der Waals surface area contributed by atoms with Crippen molar-refractivity contribution in [1.29, 1.82) is 0 Å². The molecule has 1 aliphatic heterocycles. The lowest BCUT2D eigenvalue weighted by Gasteiger charge is -2.26. The van der Waals surface area contributed by atoms with Crippen LogP contribution in [0.25, 0.3) is 0 Å². The maximum absolute atomic E-state index is 4.27. The predicted molar refractivity (Wildman–Crippen MR) is 77.2 cm³/mol. The zero-order valence-corrected chi connectivity index (χ0v) is 11.3. The SMILES string of the molecule is CC1CN(CCn2cccn2)c2ccccc2CN1. The van der Waals surface area contributed by atoms with Gasteiger partial charge in [-0.05, 0) is 24.6 Å². The molecule has 1 aliphatic rings. The monoisotopic (exact) mass is 256 g/mol. The fourth-order valence-corrected chi connectivity index (χ4v) is 2.61. The zero-order chi connectivity index (χ0) is 13.1. The highest BCUT2D eigenvalue weighted by Crippen LogP contribution is 2.23. The summed E-state index contributed by atoms with van der Waals surface area (Å²) in [5, 5.41) is 7.83. The Morgan fingerprint density at radius 1 is 1.26 bits per heavy atom. The first kappa shape index (κ1) is 12.2. The smallest absolute Gasteiger partial charge is 0.0584 e. The molecule has 2 aromatic rings. The van der Waals surface area contributed by atoms with Gasteiger partial charge in [-0.3, -0.25) is 4.68 Å². The maximum atomic E-state index is 4.27. The molecule has 1 atom stereocenters. The van der Waals surface area contributed by atoms with Gasteiger partial charge in [0.15, 0.2) is 0 Å². The van der Waals surface area contributed by atoms with Crippen molar-refractivity contribution in [2.24, 2.45) is 0 Å². The summed E-state index contributed by atoms with van der Waals surface area (Å²) in [6.07, 6.45) is 3.85. The molecule has 0 bridgehead atoms. The topological polar surface area (TPSA) is 33.1 Å². The van der Waals surface area contributed by atoms with Crippen molar-refractivity contribution >= 4 is 5.69 Å². The van der Waals surface area contributed by atoms with Crippen LogP contribution in [0.3, 0.4) is 0 Å². The third kappa shape index (κ3) is 2.79. The second-order valence-corrected chi connectivity index (χ2v) is 5.13. The highest BCUT2D eigenvalue weighted by atomic mass is 15.3. The van der Waals surface area contributed by atoms with Crippen molar-refractivity contribution in [3.05, 3.63) is 48.3 Å². The van der Waals surface area contributed by atoms with Crippen molar-refractivity contribution in [3.8, 4) is 0 Å². The summed E-state index contributed by atoms with van der Waals surface area (Å²) in [7, 11) is 0. The summed E-state index contributed by atoms with van der Waals surface area (Å²) in [4.78, 5) is 2.46. The van der Waals surface area contributed by atoms with Gasteiger partial charge in [-0.25, -0.2) is 0 Å². The molecule has 0 amide bonds. The lowest BCUT2D eigenvalue weighted by Crippen LogP contribution is -2.37. The van der Waals surface area contributed by atoms with Crippen LogP contribution in [0.1, 0.15) is 12.5 Å². The Kier molecular flexibility index (Phi) is 3.51. The lowest BCUT2D eigenvalue weighted by molar-refractivity contribution is 0.532. The molecule has 0 fully saturated rings. The number of rotatable bonds is 3. The molecule has 4 heteroatoms. The number of para-hydroxylation sites is 1. The van der Waals surface area contributed by atoms with E-state index in [4.69, 9.17) is 0 Å². The summed E-state index contributed by atoms with van der Waals surface area (Å²) >= 11 is 0. The number of benzene rings is 1. The minimum absolute atomic E-state index is 0.505. The van der Waals surface area contributed by atoms with E-state index in [2.05, 4.69) is 46.5 Å². The van der Waals surface area contributed by atoms with Gasteiger partial charge < -0.3 is 10.2 Å². The Balaban J connectivity index is 1.78. The average molecular weight is 256 g/mol. The van der Waals surface area contributed by atoms with Crippen LogP contribution >= 0.6 is 0 Å². The molecule has 19 heavy (non-hydrogen) atoms. The third-order valence-electron chi connectivity index (χ3n) is 3.63. The summed E-state index contributed by atoms with van der Waals surface area (Å²) in [6.45, 7) is 6.15. The number of fused-ring (bicyclic) bond motifs is 1. The molecular weight excluding hydrogens is 236 g/mol. The molecule has 1 aromatic carbocycles. The molecule has 0 spiro atoms. The summed E-state index contributed by atoms with van der Waals surface area (Å²) in [6, 6.07) is 11.1. The van der Waals surface area contributed by atoms with Crippen LogP contribution in [-0.2, 0) is 13.1 Å². The normalized spacial score (nSPS) is 19.0. The largest absolute Gasteiger partial charge is 0.368 e. The summed E-state index contributed by atoms with van der Waals surface area (Å²) < 4.78 is 1.99. The first-order valence-electron chi connectivity index (χ1n) is 6.86. The van der Waals surface area contributed by atoms with Gasteiger partial charge in [-0.15, -0.1) is 0 Å². The van der Waals surface area contributed by atoms with Crippen molar-refractivity contribution in [3.63, 3.8) is 0 Å². The Morgan fingerprint density at radius 2 is 2.16 bits per heavy atom. The van der Waals surface area contributed by atoms with Crippen LogP contribution in [-0.4, -0.2) is 28.9 Å². The van der Waals surface area contributed by atoms with Crippen molar-refractivity contribution in [2.45, 2.75) is 26.1 Å². The van der Waals surface area contributed by atoms with Crippen LogP contribution in [0.5, 0.6) is 0 Å². The number of nitrogens with one attached hydrogen (secondary N) is 1. The average Bonchev–Trinajstić information content (AvgIpc) is 2.89. The maximum Gasteiger partial charge on any atom is 0.0584 e. The molecule has 0 saturated heterocycles. The number of hydrogen-bond acceptors (Lipinski definition) is 3. The van der Waals surface area contributed by atoms with Crippen molar-refractivity contribution < 1.29 is 0 Å². The van der Waals surface area contributed by atoms with Gasteiger partial charge in [0.1, 0.15) is 0 Å². The molecule has 4 nitrogen and oxygen atoms in total. The first-order valence-corrected chi connectivity index (χ1v) is 6.86. The van der Waals surface area contributed by atoms with Gasteiger partial charge in [-0.2, -0.15) is 5.10 Å². The molecule has 3 rings (SSSR count). The summed E-state index contributed by atoms with van der Waals surface area (Å²) in [5.74, 6) is 0. The zero-order valence-electron chi connectivity index (χ0n) is 11.3. The predicted octanol–water partition coefficient (Wildman–Crippen LogP) is 1.88. The van der Waals surface area contributed by atoms with Crippen LogP contribution in [0.2, 0.25) is 0 Å². The van der Waals surface area contributed by atoms with E-state index in [0.29, 0.717) is 6.04 Å². The molecule has 1 unspecified atom stereocenters. The molecule has 0 radical (unpaired) electrons. The van der Waals surface area contributed by atoms with E-state index in [1.54, 1.807) is 0 Å². The van der Waals surface area contributed by atoms with Crippen molar-refractivity contribution in [1.82, 2.24) is 15.1 Å². The molecule has 0 saturated carbocycles. The number of aromatic nitrogens is 2. The molecule has 100 valence electrons. The number of hydrogen-bond donors (Lipinski definition) is 1. The van der Waals surface area contributed by atoms with E-state index in [9.17, 15) is 0 Å². The quantitative estimate of drug-likeness (QED) is 0.910. The van der Waals surface area contributed by atoms with Gasteiger partial charge >= 0.3 is 0 Å². The Labute approximate surface area is 114 Å². The molecule has 1 aromatic heterocycles. The molecule has 1 N–H and O–H groups in total. The van der Waals surface area contributed by atoms with Gasteiger partial charge in [0.2, 0.25) is 0 Å². The fraction of sp³-hybridized carbons (Fsp3) is 0.400. The van der Waals surface area contributed by atoms with Crippen LogP contribution in [0.4, 0.5) is 5.69 Å². The molecular formula is C15H20N4. The highest BCUT2D eigenvalue weighted by molar-refractivity contribution is 5.54. The van der Waals surface area contributed by atoms with Crippen LogP contribution in [0.15, 0.2) is 42.7 Å². The third-order valence-corrected chi connectivity index (χ3v) is 3.63. The number of anilines is 1. The van der Waals surface area contributed by atoms with Gasteiger partial charge in [0.05, 0.1) is 6.54 Å². The standard InChI is InChI=1S/C15H20N4/c1-13-12-18(9-10-19-8-4-7-17-19)15-6-3-2-5-14(15)11-16-13/h2-8,13,16H,9-12H2,1H3. The van der Waals surface area contributed by atoms with Crippen LogP contribution in [0, 0.1) is 0 Å². The van der Waals surface area contributed by atoms with Gasteiger partial charge in [0, 0.05) is 43.8 Å². The van der Waals surface area contributed by atoms with E-state index < -0.39 is 0 Å². The minimum atomic E-state index is 0.505. The Morgan fingerprint density at radius 3 is 3.00 bits per heavy atom. The first-order chi connectivity index (χ1) is 9.33. The Bertz CT molecular complexity index is 521. The second-order valence-electron chi connectivity index (χ2n) is 5.13. The van der Waals surface area contributed by atoms with E-state index in [1.807, 2.05) is 23.1 Å². The highest BCUT2D eigenvalue weighted by Gasteiger charge is 2.18.